The molecule has 0 saturated carbocycles. The van der Waals surface area contributed by atoms with Crippen LogP contribution in [0.2, 0.25) is 0 Å². The minimum atomic E-state index is -3.82. The van der Waals surface area contributed by atoms with Crippen molar-refractivity contribution in [3.63, 3.8) is 0 Å². The molecule has 0 spiro atoms. The van der Waals surface area contributed by atoms with E-state index in [4.69, 9.17) is 0 Å². The summed E-state index contributed by atoms with van der Waals surface area (Å²) in [6, 6.07) is 19.3. The second-order valence-electron chi connectivity index (χ2n) is 7.44. The van der Waals surface area contributed by atoms with E-state index in [0.717, 1.165) is 20.6 Å². The van der Waals surface area contributed by atoms with Gasteiger partial charge in [-0.25, -0.2) is 16.8 Å². The van der Waals surface area contributed by atoms with E-state index in [1.54, 1.807) is 36.4 Å². The lowest BCUT2D eigenvalue weighted by atomic mass is 10.1. The number of para-hydroxylation sites is 1. The molecule has 0 unspecified atom stereocenters. The number of carbonyl (C=O) groups is 1. The summed E-state index contributed by atoms with van der Waals surface area (Å²) in [5, 5.41) is 2.62. The van der Waals surface area contributed by atoms with Gasteiger partial charge in [0, 0.05) is 15.8 Å². The molecule has 0 heterocycles. The van der Waals surface area contributed by atoms with E-state index in [2.05, 4.69) is 26.0 Å². The van der Waals surface area contributed by atoms with Crippen LogP contribution in [-0.4, -0.2) is 35.5 Å². The largest absolute Gasteiger partial charge is 0.325 e. The number of carbonyl (C=O) groups excluding carboxylic acids is 1. The Morgan fingerprint density at radius 3 is 2.06 bits per heavy atom. The summed E-state index contributed by atoms with van der Waals surface area (Å²) in [6.07, 6.45) is 1.65. The van der Waals surface area contributed by atoms with Crippen LogP contribution in [0.5, 0.6) is 0 Å². The Kier molecular flexibility index (Phi) is 8.01. The molecule has 180 valence electrons. The standard InChI is InChI=1S/C23H24BrN3O5S2/c1-3-17-6-4-5-7-22(17)27(33(2,29)30)16-23(28)25-19-12-14-21(15-13-19)34(31,32)26-20-10-8-18(24)9-11-20/h4-15,26H,3,16H2,1-2H3,(H,25,28). The lowest BCUT2D eigenvalue weighted by Crippen LogP contribution is -2.38. The molecule has 34 heavy (non-hydrogen) atoms. The summed E-state index contributed by atoms with van der Waals surface area (Å²) in [7, 11) is -7.53. The number of amides is 1. The highest BCUT2D eigenvalue weighted by molar-refractivity contribution is 9.10. The molecule has 0 saturated heterocycles. The summed E-state index contributed by atoms with van der Waals surface area (Å²) in [5.41, 5.74) is 2.00. The molecule has 3 aromatic carbocycles. The molecular weight excluding hydrogens is 542 g/mol. The van der Waals surface area contributed by atoms with Gasteiger partial charge in [0.25, 0.3) is 10.0 Å². The Morgan fingerprint density at radius 1 is 0.882 bits per heavy atom. The molecule has 0 aliphatic carbocycles. The van der Waals surface area contributed by atoms with Crippen LogP contribution in [0, 0.1) is 0 Å². The predicted molar refractivity (Wildman–Crippen MR) is 138 cm³/mol. The number of hydrogen-bond donors (Lipinski definition) is 2. The van der Waals surface area contributed by atoms with Gasteiger partial charge >= 0.3 is 0 Å². The number of rotatable bonds is 9. The van der Waals surface area contributed by atoms with Crippen LogP contribution in [-0.2, 0) is 31.3 Å². The number of hydrogen-bond acceptors (Lipinski definition) is 5. The molecule has 8 nitrogen and oxygen atoms in total. The van der Waals surface area contributed by atoms with E-state index in [1.807, 2.05) is 19.1 Å². The first kappa shape index (κ1) is 25.7. The Bertz CT molecular complexity index is 1370. The Labute approximate surface area is 208 Å². The van der Waals surface area contributed by atoms with E-state index in [0.29, 0.717) is 23.5 Å². The molecule has 0 bridgehead atoms. The second-order valence-corrected chi connectivity index (χ2v) is 11.9. The molecule has 0 radical (unpaired) electrons. The van der Waals surface area contributed by atoms with E-state index in [1.165, 1.54) is 24.3 Å². The predicted octanol–water partition coefficient (Wildman–Crippen LogP) is 4.22. The summed E-state index contributed by atoms with van der Waals surface area (Å²) in [4.78, 5) is 12.7. The van der Waals surface area contributed by atoms with Gasteiger partial charge in [-0.2, -0.15) is 0 Å². The summed E-state index contributed by atoms with van der Waals surface area (Å²) in [5.74, 6) is -0.556. The van der Waals surface area contributed by atoms with Gasteiger partial charge in [-0.3, -0.25) is 13.8 Å². The van der Waals surface area contributed by atoms with Crippen molar-refractivity contribution in [1.82, 2.24) is 0 Å². The minimum absolute atomic E-state index is 0.0167. The zero-order valence-corrected chi connectivity index (χ0v) is 21.7. The lowest BCUT2D eigenvalue weighted by Gasteiger charge is -2.24. The average Bonchev–Trinajstić information content (AvgIpc) is 2.78. The molecule has 1 amide bonds. The zero-order valence-electron chi connectivity index (χ0n) is 18.5. The zero-order chi connectivity index (χ0) is 24.9. The molecular formula is C23H24BrN3O5S2. The number of aryl methyl sites for hydroxylation is 1. The number of nitrogens with one attached hydrogen (secondary N) is 2. The van der Waals surface area contributed by atoms with Crippen molar-refractivity contribution >= 4 is 58.9 Å². The third-order valence-corrected chi connectivity index (χ3v) is 7.93. The molecule has 0 aliphatic heterocycles. The molecule has 0 atom stereocenters. The van der Waals surface area contributed by atoms with Gasteiger partial charge in [0.15, 0.2) is 0 Å². The van der Waals surface area contributed by atoms with Crippen LogP contribution in [0.4, 0.5) is 17.1 Å². The smallest absolute Gasteiger partial charge is 0.261 e. The number of anilines is 3. The molecule has 0 aliphatic rings. The van der Waals surface area contributed by atoms with Crippen molar-refractivity contribution in [3.8, 4) is 0 Å². The van der Waals surface area contributed by atoms with Crippen molar-refractivity contribution < 1.29 is 21.6 Å². The number of halogens is 1. The quantitative estimate of drug-likeness (QED) is 0.403. The van der Waals surface area contributed by atoms with Gasteiger partial charge in [0.2, 0.25) is 15.9 Å². The first-order chi connectivity index (χ1) is 16.0. The molecule has 0 fully saturated rings. The van der Waals surface area contributed by atoms with Gasteiger partial charge in [-0.1, -0.05) is 41.1 Å². The minimum Gasteiger partial charge on any atom is -0.325 e. The highest BCUT2D eigenvalue weighted by atomic mass is 79.9. The topological polar surface area (TPSA) is 113 Å². The van der Waals surface area contributed by atoms with Crippen LogP contribution in [0.25, 0.3) is 0 Å². The maximum Gasteiger partial charge on any atom is 0.261 e. The first-order valence-electron chi connectivity index (χ1n) is 10.2. The third kappa shape index (κ3) is 6.58. The van der Waals surface area contributed by atoms with Crippen LogP contribution in [0.1, 0.15) is 12.5 Å². The Hall–Kier alpha value is -2.89. The van der Waals surface area contributed by atoms with Gasteiger partial charge in [0.05, 0.1) is 16.8 Å². The summed E-state index contributed by atoms with van der Waals surface area (Å²) < 4.78 is 54.3. The number of sulfonamides is 2. The fraction of sp³-hybridized carbons (Fsp3) is 0.174. The van der Waals surface area contributed by atoms with E-state index < -0.39 is 32.5 Å². The molecule has 0 aromatic heterocycles. The lowest BCUT2D eigenvalue weighted by molar-refractivity contribution is -0.114. The average molecular weight is 566 g/mol. The monoisotopic (exact) mass is 565 g/mol. The fourth-order valence-electron chi connectivity index (χ4n) is 3.21. The second kappa shape index (κ2) is 10.6. The van der Waals surface area contributed by atoms with Gasteiger partial charge in [0.1, 0.15) is 6.54 Å². The number of nitrogens with zero attached hydrogens (tertiary/aromatic N) is 1. The number of benzene rings is 3. The van der Waals surface area contributed by atoms with E-state index >= 15 is 0 Å². The van der Waals surface area contributed by atoms with Crippen molar-refractivity contribution in [2.75, 3.05) is 27.1 Å². The molecule has 11 heteroatoms. The molecule has 2 N–H and O–H groups in total. The highest BCUT2D eigenvalue weighted by Gasteiger charge is 2.23. The van der Waals surface area contributed by atoms with Crippen molar-refractivity contribution in [2.45, 2.75) is 18.2 Å². The van der Waals surface area contributed by atoms with Gasteiger partial charge in [-0.05, 0) is 66.6 Å². The van der Waals surface area contributed by atoms with E-state index in [9.17, 15) is 21.6 Å². The summed E-state index contributed by atoms with van der Waals surface area (Å²) >= 11 is 3.30. The summed E-state index contributed by atoms with van der Waals surface area (Å²) in [6.45, 7) is 1.49. The highest BCUT2D eigenvalue weighted by Crippen LogP contribution is 2.24. The van der Waals surface area contributed by atoms with Crippen molar-refractivity contribution in [2.24, 2.45) is 0 Å². The van der Waals surface area contributed by atoms with Gasteiger partial charge < -0.3 is 5.32 Å². The molecule has 3 rings (SSSR count). The molecule has 3 aromatic rings. The SMILES string of the molecule is CCc1ccccc1N(CC(=O)Nc1ccc(S(=O)(=O)Nc2ccc(Br)cc2)cc1)S(C)(=O)=O. The maximum absolute atomic E-state index is 12.6. The van der Waals surface area contributed by atoms with Crippen LogP contribution in [0.15, 0.2) is 82.2 Å². The van der Waals surface area contributed by atoms with Crippen molar-refractivity contribution in [3.05, 3.63) is 82.8 Å². The third-order valence-electron chi connectivity index (χ3n) is 4.87. The Balaban J connectivity index is 1.73. The van der Waals surface area contributed by atoms with E-state index in [-0.39, 0.29) is 4.90 Å². The van der Waals surface area contributed by atoms with Crippen LogP contribution >= 0.6 is 15.9 Å². The van der Waals surface area contributed by atoms with Gasteiger partial charge in [-0.15, -0.1) is 0 Å². The van der Waals surface area contributed by atoms with Crippen LogP contribution < -0.4 is 14.3 Å². The maximum atomic E-state index is 12.6. The van der Waals surface area contributed by atoms with Crippen LogP contribution in [0.3, 0.4) is 0 Å². The normalized spacial score (nSPS) is 11.6. The fourth-order valence-corrected chi connectivity index (χ4v) is 5.42. The first-order valence-corrected chi connectivity index (χ1v) is 14.4. The Morgan fingerprint density at radius 2 is 1.47 bits per heavy atom. The van der Waals surface area contributed by atoms with Crippen molar-refractivity contribution in [1.29, 1.82) is 0 Å².